The predicted molar refractivity (Wildman–Crippen MR) is 65.6 cm³/mol. The van der Waals surface area contributed by atoms with Crippen LogP contribution in [-0.4, -0.2) is 20.6 Å². The molecule has 1 atom stereocenters. The Balaban J connectivity index is 2.24. The first-order valence-corrected chi connectivity index (χ1v) is 5.90. The number of hydrogen-bond acceptors (Lipinski definition) is 3. The molecule has 0 bridgehead atoms. The van der Waals surface area contributed by atoms with E-state index in [-0.39, 0.29) is 16.4 Å². The van der Waals surface area contributed by atoms with E-state index in [1.165, 1.54) is 4.57 Å². The summed E-state index contributed by atoms with van der Waals surface area (Å²) in [5.74, 6) is -1.01. The third kappa shape index (κ3) is 1.44. The topological polar surface area (TPSA) is 72.2 Å². The maximum absolute atomic E-state index is 12.3. The van der Waals surface area contributed by atoms with E-state index < -0.39 is 12.0 Å². The normalized spacial score (nSPS) is 20.3. The number of allylic oxidation sites excluding steroid dienone is 4. The molecule has 0 aromatic carbocycles. The van der Waals surface area contributed by atoms with E-state index in [1.54, 1.807) is 18.2 Å². The van der Waals surface area contributed by atoms with Crippen molar-refractivity contribution in [3.05, 3.63) is 45.1 Å². The van der Waals surface area contributed by atoms with Gasteiger partial charge in [-0.15, -0.1) is 0 Å². The minimum atomic E-state index is -1.01. The molecule has 0 radical (unpaired) electrons. The van der Waals surface area contributed by atoms with Gasteiger partial charge in [-0.05, 0) is 12.8 Å². The van der Waals surface area contributed by atoms with Gasteiger partial charge in [0.15, 0.2) is 0 Å². The molecule has 2 aliphatic rings. The van der Waals surface area contributed by atoms with Crippen LogP contribution in [0.5, 0.6) is 0 Å². The number of aromatic nitrogens is 2. The molecule has 2 heterocycles. The Labute approximate surface area is 107 Å². The van der Waals surface area contributed by atoms with Gasteiger partial charge in [-0.2, -0.15) is 0 Å². The lowest BCUT2D eigenvalue weighted by atomic mass is 10.1. The molecule has 1 aromatic heterocycles. The van der Waals surface area contributed by atoms with Gasteiger partial charge < -0.3 is 5.11 Å². The number of hydrogen-bond donors (Lipinski definition) is 1. The fraction of sp³-hybridized carbons (Fsp3) is 0.250. The van der Waals surface area contributed by atoms with Gasteiger partial charge in [0.25, 0.3) is 5.56 Å². The van der Waals surface area contributed by atoms with Gasteiger partial charge in [0.2, 0.25) is 0 Å². The average Bonchev–Trinajstić information content (AvgIpc) is 2.68. The van der Waals surface area contributed by atoms with Crippen LogP contribution in [0.3, 0.4) is 0 Å². The highest BCUT2D eigenvalue weighted by atomic mass is 35.5. The third-order valence-electron chi connectivity index (χ3n) is 3.24. The molecule has 5 nitrogen and oxygen atoms in total. The summed E-state index contributed by atoms with van der Waals surface area (Å²) >= 11 is 6.03. The smallest absolute Gasteiger partial charge is 0.326 e. The van der Waals surface area contributed by atoms with Crippen molar-refractivity contribution in [2.75, 3.05) is 0 Å². The fourth-order valence-electron chi connectivity index (χ4n) is 2.27. The first kappa shape index (κ1) is 11.2. The molecule has 1 aliphatic heterocycles. The van der Waals surface area contributed by atoms with Crippen molar-refractivity contribution in [2.45, 2.75) is 18.9 Å². The molecular formula is C12H9ClN2O3. The zero-order valence-corrected chi connectivity index (χ0v) is 10.0. The Morgan fingerprint density at radius 2 is 2.28 bits per heavy atom. The van der Waals surface area contributed by atoms with E-state index in [0.717, 1.165) is 0 Å². The second-order valence-corrected chi connectivity index (χ2v) is 4.60. The summed E-state index contributed by atoms with van der Waals surface area (Å²) in [6.45, 7) is 0. The van der Waals surface area contributed by atoms with Gasteiger partial charge >= 0.3 is 5.97 Å². The molecule has 0 amide bonds. The lowest BCUT2D eigenvalue weighted by Gasteiger charge is -2.14. The van der Waals surface area contributed by atoms with E-state index in [0.29, 0.717) is 24.1 Å². The van der Waals surface area contributed by atoms with Gasteiger partial charge in [0.05, 0.1) is 5.69 Å². The quantitative estimate of drug-likeness (QED) is 0.877. The van der Waals surface area contributed by atoms with Gasteiger partial charge in [0.1, 0.15) is 16.9 Å². The highest BCUT2D eigenvalue weighted by Crippen LogP contribution is 2.30. The van der Waals surface area contributed by atoms with E-state index >= 15 is 0 Å². The van der Waals surface area contributed by atoms with Crippen LogP contribution in [0.1, 0.15) is 23.9 Å². The number of nitrogens with zero attached hydrogens (tertiary/aromatic N) is 2. The Hall–Kier alpha value is -1.88. The number of halogens is 1. The van der Waals surface area contributed by atoms with E-state index in [2.05, 4.69) is 4.98 Å². The Morgan fingerprint density at radius 1 is 1.56 bits per heavy atom. The van der Waals surface area contributed by atoms with Crippen molar-refractivity contribution in [1.29, 1.82) is 0 Å². The SMILES string of the molecule is O=C(O)C1CCc2c(Cl)nc(C3=CC=C3)c(=O)n21. The highest BCUT2D eigenvalue weighted by Gasteiger charge is 2.32. The van der Waals surface area contributed by atoms with Crippen molar-refractivity contribution in [2.24, 2.45) is 0 Å². The second-order valence-electron chi connectivity index (χ2n) is 4.25. The number of aliphatic carboxylic acids is 1. The van der Waals surface area contributed by atoms with Gasteiger partial charge in [0, 0.05) is 5.57 Å². The molecule has 1 aromatic rings. The fourth-order valence-corrected chi connectivity index (χ4v) is 2.54. The van der Waals surface area contributed by atoms with Crippen LogP contribution in [0.4, 0.5) is 0 Å². The van der Waals surface area contributed by atoms with Crippen molar-refractivity contribution in [3.63, 3.8) is 0 Å². The molecule has 6 heteroatoms. The minimum Gasteiger partial charge on any atom is -0.480 e. The summed E-state index contributed by atoms with van der Waals surface area (Å²) in [7, 11) is 0. The average molecular weight is 265 g/mol. The van der Waals surface area contributed by atoms with Crippen molar-refractivity contribution < 1.29 is 9.90 Å². The van der Waals surface area contributed by atoms with E-state index in [9.17, 15) is 9.59 Å². The van der Waals surface area contributed by atoms with Crippen LogP contribution >= 0.6 is 11.6 Å². The summed E-state index contributed by atoms with van der Waals surface area (Å²) in [5.41, 5.74) is 1.05. The monoisotopic (exact) mass is 264 g/mol. The second kappa shape index (κ2) is 3.81. The molecule has 0 fully saturated rings. The lowest BCUT2D eigenvalue weighted by molar-refractivity contribution is -0.140. The first-order valence-electron chi connectivity index (χ1n) is 5.52. The van der Waals surface area contributed by atoms with Crippen LogP contribution in [0.15, 0.2) is 23.0 Å². The lowest BCUT2D eigenvalue weighted by Crippen LogP contribution is -2.31. The summed E-state index contributed by atoms with van der Waals surface area (Å²) in [6, 6.07) is -0.837. The summed E-state index contributed by atoms with van der Waals surface area (Å²) in [4.78, 5) is 27.5. The third-order valence-corrected chi connectivity index (χ3v) is 3.54. The standard InChI is InChI=1S/C12H9ClN2O3/c13-10-7-4-5-8(12(17)18)15(7)11(16)9(14-10)6-2-1-3-6/h1-3,8H,4-5H2,(H,17,18). The number of carboxylic acid groups (broad SMARTS) is 1. The number of rotatable bonds is 2. The Morgan fingerprint density at radius 3 is 2.83 bits per heavy atom. The van der Waals surface area contributed by atoms with Gasteiger partial charge in [-0.1, -0.05) is 29.8 Å². The minimum absolute atomic E-state index is 0.217. The molecule has 1 unspecified atom stereocenters. The molecular weight excluding hydrogens is 256 g/mol. The molecule has 0 saturated heterocycles. The molecule has 92 valence electrons. The summed E-state index contributed by atoms with van der Waals surface area (Å²) < 4.78 is 1.26. The van der Waals surface area contributed by atoms with E-state index in [1.807, 2.05) is 0 Å². The molecule has 18 heavy (non-hydrogen) atoms. The zero-order valence-electron chi connectivity index (χ0n) is 9.26. The number of carbonyl (C=O) groups is 1. The Bertz CT molecular complexity index is 673. The largest absolute Gasteiger partial charge is 0.480 e. The van der Waals surface area contributed by atoms with Crippen molar-refractivity contribution >= 4 is 23.1 Å². The maximum atomic E-state index is 12.3. The zero-order chi connectivity index (χ0) is 12.9. The summed E-state index contributed by atoms with van der Waals surface area (Å²) in [5, 5.41) is 9.34. The maximum Gasteiger partial charge on any atom is 0.326 e. The molecule has 0 spiro atoms. The van der Waals surface area contributed by atoms with Crippen LogP contribution in [-0.2, 0) is 11.2 Å². The number of fused-ring (bicyclic) bond motifs is 1. The van der Waals surface area contributed by atoms with Crippen molar-refractivity contribution in [3.8, 4) is 0 Å². The Kier molecular flexibility index (Phi) is 2.38. The molecule has 0 saturated carbocycles. The molecule has 3 rings (SSSR count). The van der Waals surface area contributed by atoms with Crippen LogP contribution < -0.4 is 5.56 Å². The van der Waals surface area contributed by atoms with Gasteiger partial charge in [-0.3, -0.25) is 9.36 Å². The van der Waals surface area contributed by atoms with Crippen LogP contribution in [0.2, 0.25) is 5.15 Å². The van der Waals surface area contributed by atoms with Gasteiger partial charge in [-0.25, -0.2) is 9.78 Å². The number of carboxylic acids is 1. The highest BCUT2D eigenvalue weighted by molar-refractivity contribution is 6.30. The first-order chi connectivity index (χ1) is 8.59. The van der Waals surface area contributed by atoms with E-state index in [4.69, 9.17) is 16.7 Å². The van der Waals surface area contributed by atoms with Crippen LogP contribution in [0, 0.1) is 0 Å². The molecule has 1 N–H and O–H groups in total. The van der Waals surface area contributed by atoms with Crippen molar-refractivity contribution in [1.82, 2.24) is 9.55 Å². The predicted octanol–water partition coefficient (Wildman–Crippen LogP) is 1.42. The molecule has 1 aliphatic carbocycles. The van der Waals surface area contributed by atoms with Crippen LogP contribution in [0.25, 0.3) is 5.57 Å². The summed E-state index contributed by atoms with van der Waals surface area (Å²) in [6.07, 6.45) is 6.13.